The summed E-state index contributed by atoms with van der Waals surface area (Å²) in [5, 5.41) is 16.1. The number of aliphatic hydroxyl groups is 1. The summed E-state index contributed by atoms with van der Waals surface area (Å²) in [5.74, 6) is -0.540. The third-order valence-electron chi connectivity index (χ3n) is 5.20. The second kappa shape index (κ2) is 10.7. The number of alkyl halides is 1. The van der Waals surface area contributed by atoms with E-state index in [0.717, 1.165) is 5.56 Å². The normalized spacial score (nSPS) is 16.2. The maximum absolute atomic E-state index is 13.6. The Hall–Kier alpha value is -3.39. The van der Waals surface area contributed by atoms with Gasteiger partial charge in [0.1, 0.15) is 0 Å². The van der Waals surface area contributed by atoms with Crippen LogP contribution < -0.4 is 15.5 Å². The Bertz CT molecular complexity index is 1200. The van der Waals surface area contributed by atoms with E-state index in [1.807, 2.05) is 42.5 Å². The summed E-state index contributed by atoms with van der Waals surface area (Å²) in [7, 11) is 0. The number of halogens is 2. The van der Waals surface area contributed by atoms with E-state index in [1.54, 1.807) is 36.4 Å². The van der Waals surface area contributed by atoms with E-state index < -0.39 is 24.2 Å². The molecule has 0 radical (unpaired) electrons. The molecule has 0 bridgehead atoms. The van der Waals surface area contributed by atoms with Crippen molar-refractivity contribution in [2.75, 3.05) is 22.6 Å². The minimum Gasteiger partial charge on any atom is -0.390 e. The fourth-order valence-electron chi connectivity index (χ4n) is 3.62. The Balaban J connectivity index is 1.72. The van der Waals surface area contributed by atoms with Gasteiger partial charge < -0.3 is 20.6 Å². The lowest BCUT2D eigenvalue weighted by Gasteiger charge is -2.27. The van der Waals surface area contributed by atoms with E-state index in [-0.39, 0.29) is 12.4 Å². The number of aliphatic hydroxyl groups excluding tert-OH is 1. The van der Waals surface area contributed by atoms with Crippen molar-refractivity contribution in [2.45, 2.75) is 12.3 Å². The van der Waals surface area contributed by atoms with Crippen LogP contribution in [0.4, 0.5) is 16.2 Å². The first-order chi connectivity index (χ1) is 16.5. The van der Waals surface area contributed by atoms with Gasteiger partial charge in [0.2, 0.25) is 6.17 Å². The van der Waals surface area contributed by atoms with Gasteiger partial charge in [-0.25, -0.2) is 9.79 Å². The zero-order valence-electron chi connectivity index (χ0n) is 18.0. The number of benzodiazepines with no additional fused rings is 1. The van der Waals surface area contributed by atoms with E-state index >= 15 is 0 Å². The average molecular weight is 497 g/mol. The summed E-state index contributed by atoms with van der Waals surface area (Å²) in [5.41, 5.74) is 3.11. The Labute approximate surface area is 207 Å². The number of hydrogen-bond acceptors (Lipinski definition) is 4. The fraction of sp³-hybridized carbons (Fsp3) is 0.160. The Morgan fingerprint density at radius 1 is 1.03 bits per heavy atom. The number of fused-ring (bicyclic) bond motifs is 1. The van der Waals surface area contributed by atoms with Crippen LogP contribution in [-0.4, -0.2) is 47.5 Å². The first kappa shape index (κ1) is 23.8. The molecule has 1 aliphatic heterocycles. The molecular weight excluding hydrogens is 475 g/mol. The van der Waals surface area contributed by atoms with Crippen LogP contribution in [0, 0.1) is 0 Å². The predicted molar refractivity (Wildman–Crippen MR) is 135 cm³/mol. The number of nitrogens with one attached hydrogen (secondary N) is 2. The van der Waals surface area contributed by atoms with Gasteiger partial charge in [-0.1, -0.05) is 60.1 Å². The van der Waals surface area contributed by atoms with E-state index in [1.165, 1.54) is 4.90 Å². The van der Waals surface area contributed by atoms with Gasteiger partial charge in [0.05, 0.1) is 29.9 Å². The molecule has 1 unspecified atom stereocenters. The molecule has 3 aromatic rings. The maximum atomic E-state index is 13.6. The van der Waals surface area contributed by atoms with Crippen LogP contribution in [0.25, 0.3) is 0 Å². The Kier molecular flexibility index (Phi) is 7.47. The highest BCUT2D eigenvalue weighted by atomic mass is 35.5. The minimum absolute atomic E-state index is 0.0477. The van der Waals surface area contributed by atoms with Gasteiger partial charge in [-0.15, -0.1) is 11.6 Å². The number of amides is 3. The van der Waals surface area contributed by atoms with Crippen LogP contribution in [0.5, 0.6) is 0 Å². The summed E-state index contributed by atoms with van der Waals surface area (Å²) in [4.78, 5) is 32.4. The molecule has 0 spiro atoms. The number of aliphatic imine (C=N–C) groups is 1. The lowest BCUT2D eigenvalue weighted by molar-refractivity contribution is -0.120. The summed E-state index contributed by atoms with van der Waals surface area (Å²) in [6.07, 6.45) is -2.20. The van der Waals surface area contributed by atoms with Crippen LogP contribution >= 0.6 is 23.2 Å². The SMILES string of the molecule is O=C(Nc1ccc(Cl)cc1)NC1N=C(c2ccccc2)c2ccccc2N(C[C@@H](O)CCl)C1=O. The third-order valence-corrected chi connectivity index (χ3v) is 5.80. The number of benzene rings is 3. The largest absolute Gasteiger partial charge is 0.390 e. The smallest absolute Gasteiger partial charge is 0.321 e. The van der Waals surface area contributed by atoms with Gasteiger partial charge in [0, 0.05) is 21.8 Å². The van der Waals surface area contributed by atoms with Crippen molar-refractivity contribution in [3.63, 3.8) is 0 Å². The number of para-hydroxylation sites is 1. The molecule has 0 aliphatic carbocycles. The van der Waals surface area contributed by atoms with Crippen LogP contribution in [0.15, 0.2) is 83.9 Å². The van der Waals surface area contributed by atoms with E-state index in [9.17, 15) is 14.7 Å². The van der Waals surface area contributed by atoms with Crippen molar-refractivity contribution in [3.8, 4) is 0 Å². The first-order valence-corrected chi connectivity index (χ1v) is 11.5. The molecule has 2 atom stereocenters. The van der Waals surface area contributed by atoms with E-state index in [2.05, 4.69) is 15.6 Å². The molecule has 0 saturated carbocycles. The number of carbonyl (C=O) groups is 2. The molecular formula is C25H22Cl2N4O3. The van der Waals surface area contributed by atoms with Gasteiger partial charge in [-0.05, 0) is 30.3 Å². The van der Waals surface area contributed by atoms with Gasteiger partial charge in [-0.2, -0.15) is 0 Å². The molecule has 7 nitrogen and oxygen atoms in total. The highest BCUT2D eigenvalue weighted by Crippen LogP contribution is 2.28. The third kappa shape index (κ3) is 5.39. The topological polar surface area (TPSA) is 94.0 Å². The van der Waals surface area contributed by atoms with Crippen LogP contribution in [-0.2, 0) is 4.79 Å². The number of hydrogen-bond donors (Lipinski definition) is 3. The molecule has 0 fully saturated rings. The molecule has 174 valence electrons. The van der Waals surface area contributed by atoms with Crippen LogP contribution in [0.2, 0.25) is 5.02 Å². The monoisotopic (exact) mass is 496 g/mol. The number of β-amino-alcohol motifs (C(OH)–C–C–N with tert-alkyl or cyclic N) is 1. The zero-order chi connectivity index (χ0) is 24.1. The highest BCUT2D eigenvalue weighted by molar-refractivity contribution is 6.30. The minimum atomic E-state index is -1.24. The average Bonchev–Trinajstić information content (AvgIpc) is 2.96. The number of urea groups is 1. The maximum Gasteiger partial charge on any atom is 0.321 e. The summed E-state index contributed by atoms with van der Waals surface area (Å²) >= 11 is 11.7. The van der Waals surface area contributed by atoms with Crippen molar-refractivity contribution >= 4 is 52.2 Å². The zero-order valence-corrected chi connectivity index (χ0v) is 19.5. The lowest BCUT2D eigenvalue weighted by Crippen LogP contribution is -2.50. The summed E-state index contributed by atoms with van der Waals surface area (Å²) in [6.45, 7) is -0.0477. The molecule has 3 amide bonds. The van der Waals surface area contributed by atoms with Crippen LogP contribution in [0.1, 0.15) is 11.1 Å². The Morgan fingerprint density at radius 2 is 1.71 bits per heavy atom. The molecule has 3 aromatic carbocycles. The van der Waals surface area contributed by atoms with Crippen molar-refractivity contribution in [1.29, 1.82) is 0 Å². The van der Waals surface area contributed by atoms with Crippen LogP contribution in [0.3, 0.4) is 0 Å². The molecule has 3 N–H and O–H groups in total. The van der Waals surface area contributed by atoms with E-state index in [0.29, 0.717) is 27.7 Å². The van der Waals surface area contributed by atoms with Gasteiger partial charge in [-0.3, -0.25) is 4.79 Å². The molecule has 0 saturated heterocycles. The van der Waals surface area contributed by atoms with Crippen molar-refractivity contribution in [3.05, 3.63) is 95.0 Å². The highest BCUT2D eigenvalue weighted by Gasteiger charge is 2.33. The number of anilines is 2. The van der Waals surface area contributed by atoms with Crippen molar-refractivity contribution in [2.24, 2.45) is 4.99 Å². The standard InChI is InChI=1S/C25H22Cl2N4O3/c26-14-19(32)15-31-21-9-5-4-8-20(21)22(16-6-2-1-3-7-16)29-23(24(31)33)30-25(34)28-18-12-10-17(27)11-13-18/h1-13,19,23,32H,14-15H2,(H2,28,30,34)/t19-,23?/m0/s1. The lowest BCUT2D eigenvalue weighted by atomic mass is 10.00. The Morgan fingerprint density at radius 3 is 2.41 bits per heavy atom. The number of rotatable bonds is 6. The summed E-state index contributed by atoms with van der Waals surface area (Å²) in [6, 6.07) is 22.7. The molecule has 1 heterocycles. The molecule has 34 heavy (non-hydrogen) atoms. The first-order valence-electron chi connectivity index (χ1n) is 10.6. The van der Waals surface area contributed by atoms with Gasteiger partial charge in [0.15, 0.2) is 0 Å². The molecule has 1 aliphatic rings. The number of nitrogens with zero attached hydrogens (tertiary/aromatic N) is 2. The molecule has 0 aromatic heterocycles. The quantitative estimate of drug-likeness (QED) is 0.444. The summed E-state index contributed by atoms with van der Waals surface area (Å²) < 4.78 is 0. The van der Waals surface area contributed by atoms with E-state index in [4.69, 9.17) is 23.2 Å². The fourth-order valence-corrected chi connectivity index (χ4v) is 3.85. The van der Waals surface area contributed by atoms with Gasteiger partial charge in [0.25, 0.3) is 5.91 Å². The van der Waals surface area contributed by atoms with Crippen molar-refractivity contribution < 1.29 is 14.7 Å². The molecule has 9 heteroatoms. The molecule has 4 rings (SSSR count). The predicted octanol–water partition coefficient (Wildman–Crippen LogP) is 4.27. The second-order valence-corrected chi connectivity index (χ2v) is 8.37. The number of carbonyl (C=O) groups excluding carboxylic acids is 2. The second-order valence-electron chi connectivity index (χ2n) is 7.63. The van der Waals surface area contributed by atoms with Crippen molar-refractivity contribution in [1.82, 2.24) is 5.32 Å². The van der Waals surface area contributed by atoms with Gasteiger partial charge >= 0.3 is 6.03 Å².